The molecule has 0 aliphatic carbocycles. The average molecular weight is 300 g/mol. The fourth-order valence-electron chi connectivity index (χ4n) is 2.04. The molecule has 0 aliphatic heterocycles. The van der Waals surface area contributed by atoms with Gasteiger partial charge in [0.1, 0.15) is 5.75 Å². The molecule has 2 unspecified atom stereocenters. The van der Waals surface area contributed by atoms with E-state index < -0.39 is 0 Å². The van der Waals surface area contributed by atoms with Gasteiger partial charge in [-0.3, -0.25) is 0 Å². The summed E-state index contributed by atoms with van der Waals surface area (Å²) in [5, 5.41) is 3.28. The lowest BCUT2D eigenvalue weighted by atomic mass is 9.95. The van der Waals surface area contributed by atoms with Gasteiger partial charge in [-0.05, 0) is 66.4 Å². The summed E-state index contributed by atoms with van der Waals surface area (Å²) < 4.78 is 6.26. The van der Waals surface area contributed by atoms with Crippen molar-refractivity contribution in [3.05, 3.63) is 28.2 Å². The van der Waals surface area contributed by atoms with E-state index in [1.54, 1.807) is 7.11 Å². The smallest absolute Gasteiger partial charge is 0.133 e. The molecule has 2 nitrogen and oxygen atoms in total. The van der Waals surface area contributed by atoms with E-state index in [2.05, 4.69) is 47.2 Å². The zero-order chi connectivity index (χ0) is 12.8. The highest BCUT2D eigenvalue weighted by molar-refractivity contribution is 9.10. The Morgan fingerprint density at radius 3 is 2.59 bits per heavy atom. The molecule has 1 N–H and O–H groups in total. The van der Waals surface area contributed by atoms with Crippen molar-refractivity contribution in [3.63, 3.8) is 0 Å². The van der Waals surface area contributed by atoms with Crippen molar-refractivity contribution in [1.82, 2.24) is 5.32 Å². The van der Waals surface area contributed by atoms with Crippen LogP contribution in [0.2, 0.25) is 0 Å². The first-order valence-corrected chi connectivity index (χ1v) is 6.85. The molecule has 2 atom stereocenters. The molecule has 0 bridgehead atoms. The number of nitrogens with one attached hydrogen (secondary N) is 1. The summed E-state index contributed by atoms with van der Waals surface area (Å²) in [6.45, 7) is 4.52. The number of benzene rings is 1. The molecule has 0 saturated heterocycles. The SMILES string of the molecule is CNC(C)CC(C)Cc1ccc(OC)c(Br)c1. The van der Waals surface area contributed by atoms with E-state index >= 15 is 0 Å². The molecule has 0 fully saturated rings. The van der Waals surface area contributed by atoms with E-state index in [4.69, 9.17) is 4.74 Å². The first-order chi connectivity index (χ1) is 8.06. The first kappa shape index (κ1) is 14.5. The van der Waals surface area contributed by atoms with Gasteiger partial charge >= 0.3 is 0 Å². The van der Waals surface area contributed by atoms with Crippen molar-refractivity contribution >= 4 is 15.9 Å². The molecule has 0 saturated carbocycles. The second kappa shape index (κ2) is 7.02. The molecule has 1 aromatic carbocycles. The molecule has 0 heterocycles. The summed E-state index contributed by atoms with van der Waals surface area (Å²) in [6.07, 6.45) is 2.30. The Morgan fingerprint density at radius 1 is 1.35 bits per heavy atom. The highest BCUT2D eigenvalue weighted by Gasteiger charge is 2.09. The Morgan fingerprint density at radius 2 is 2.06 bits per heavy atom. The molecule has 0 aliphatic rings. The van der Waals surface area contributed by atoms with Crippen LogP contribution in [-0.2, 0) is 6.42 Å². The van der Waals surface area contributed by atoms with E-state index in [1.807, 2.05) is 13.1 Å². The Bertz CT molecular complexity index is 354. The number of halogens is 1. The van der Waals surface area contributed by atoms with E-state index in [1.165, 1.54) is 12.0 Å². The van der Waals surface area contributed by atoms with E-state index in [0.717, 1.165) is 16.6 Å². The van der Waals surface area contributed by atoms with Gasteiger partial charge in [0.2, 0.25) is 0 Å². The highest BCUT2D eigenvalue weighted by Crippen LogP contribution is 2.27. The molecule has 17 heavy (non-hydrogen) atoms. The molecule has 0 spiro atoms. The number of hydrogen-bond acceptors (Lipinski definition) is 2. The minimum Gasteiger partial charge on any atom is -0.496 e. The normalized spacial score (nSPS) is 14.4. The number of ether oxygens (including phenoxy) is 1. The number of rotatable bonds is 6. The average Bonchev–Trinajstić information content (AvgIpc) is 2.29. The van der Waals surface area contributed by atoms with Crippen molar-refractivity contribution in [2.24, 2.45) is 5.92 Å². The monoisotopic (exact) mass is 299 g/mol. The van der Waals surface area contributed by atoms with Crippen molar-refractivity contribution in [1.29, 1.82) is 0 Å². The quantitative estimate of drug-likeness (QED) is 0.866. The summed E-state index contributed by atoms with van der Waals surface area (Å²) in [5.41, 5.74) is 1.36. The second-order valence-electron chi connectivity index (χ2n) is 4.70. The summed E-state index contributed by atoms with van der Waals surface area (Å²) in [4.78, 5) is 0. The van der Waals surface area contributed by atoms with Crippen LogP contribution >= 0.6 is 15.9 Å². The lowest BCUT2D eigenvalue weighted by molar-refractivity contribution is 0.411. The van der Waals surface area contributed by atoms with Crippen LogP contribution in [0.15, 0.2) is 22.7 Å². The Kier molecular flexibility index (Phi) is 6.00. The van der Waals surface area contributed by atoms with Crippen LogP contribution in [0.5, 0.6) is 5.75 Å². The van der Waals surface area contributed by atoms with Crippen molar-refractivity contribution < 1.29 is 4.74 Å². The largest absolute Gasteiger partial charge is 0.496 e. The fourth-order valence-corrected chi connectivity index (χ4v) is 2.63. The van der Waals surface area contributed by atoms with E-state index in [9.17, 15) is 0 Å². The van der Waals surface area contributed by atoms with Gasteiger partial charge in [-0.1, -0.05) is 13.0 Å². The number of hydrogen-bond donors (Lipinski definition) is 1. The summed E-state index contributed by atoms with van der Waals surface area (Å²) in [5.74, 6) is 1.57. The third-order valence-corrected chi connectivity index (χ3v) is 3.67. The van der Waals surface area contributed by atoms with Crippen LogP contribution in [0.1, 0.15) is 25.8 Å². The van der Waals surface area contributed by atoms with Crippen LogP contribution in [0.25, 0.3) is 0 Å². The molecule has 1 rings (SSSR count). The van der Waals surface area contributed by atoms with E-state index in [0.29, 0.717) is 12.0 Å². The third kappa shape index (κ3) is 4.68. The first-order valence-electron chi connectivity index (χ1n) is 6.06. The van der Waals surface area contributed by atoms with Crippen LogP contribution < -0.4 is 10.1 Å². The van der Waals surface area contributed by atoms with E-state index in [-0.39, 0.29) is 0 Å². The number of methoxy groups -OCH3 is 1. The third-order valence-electron chi connectivity index (χ3n) is 3.05. The Balaban J connectivity index is 2.59. The van der Waals surface area contributed by atoms with Crippen molar-refractivity contribution in [3.8, 4) is 5.75 Å². The van der Waals surface area contributed by atoms with Gasteiger partial charge in [-0.2, -0.15) is 0 Å². The Hall–Kier alpha value is -0.540. The standard InChI is InChI=1S/C14H22BrNO/c1-10(7-11(2)16-3)8-12-5-6-14(17-4)13(15)9-12/h5-6,9-11,16H,7-8H2,1-4H3. The predicted molar refractivity (Wildman–Crippen MR) is 76.7 cm³/mol. The molecule has 0 amide bonds. The van der Waals surface area contributed by atoms with Crippen molar-refractivity contribution in [2.75, 3.05) is 14.2 Å². The van der Waals surface area contributed by atoms with Crippen molar-refractivity contribution in [2.45, 2.75) is 32.7 Å². The summed E-state index contributed by atoms with van der Waals surface area (Å²) in [6, 6.07) is 6.89. The van der Waals surface area contributed by atoms with Gasteiger partial charge in [0.05, 0.1) is 11.6 Å². The highest BCUT2D eigenvalue weighted by atomic mass is 79.9. The molecular weight excluding hydrogens is 278 g/mol. The van der Waals surface area contributed by atoms with Gasteiger partial charge in [0.15, 0.2) is 0 Å². The zero-order valence-corrected chi connectivity index (χ0v) is 12.7. The van der Waals surface area contributed by atoms with Gasteiger partial charge in [-0.15, -0.1) is 0 Å². The maximum absolute atomic E-state index is 5.23. The molecule has 0 radical (unpaired) electrons. The maximum atomic E-state index is 5.23. The zero-order valence-electron chi connectivity index (χ0n) is 11.1. The lowest BCUT2D eigenvalue weighted by Gasteiger charge is -2.17. The molecule has 0 aromatic heterocycles. The van der Waals surface area contributed by atoms with Gasteiger partial charge in [-0.25, -0.2) is 0 Å². The minimum atomic E-state index is 0.576. The van der Waals surface area contributed by atoms with Crippen LogP contribution in [0.3, 0.4) is 0 Å². The fraction of sp³-hybridized carbons (Fsp3) is 0.571. The minimum absolute atomic E-state index is 0.576. The molecular formula is C14H22BrNO. The topological polar surface area (TPSA) is 21.3 Å². The maximum Gasteiger partial charge on any atom is 0.133 e. The van der Waals surface area contributed by atoms with Gasteiger partial charge in [0, 0.05) is 6.04 Å². The van der Waals surface area contributed by atoms with Gasteiger partial charge in [0.25, 0.3) is 0 Å². The Labute approximate surface area is 113 Å². The molecule has 1 aromatic rings. The van der Waals surface area contributed by atoms with Gasteiger partial charge < -0.3 is 10.1 Å². The van der Waals surface area contributed by atoms with Crippen LogP contribution in [-0.4, -0.2) is 20.2 Å². The summed E-state index contributed by atoms with van der Waals surface area (Å²) >= 11 is 3.52. The lowest BCUT2D eigenvalue weighted by Crippen LogP contribution is -2.24. The summed E-state index contributed by atoms with van der Waals surface area (Å²) in [7, 11) is 3.71. The van der Waals surface area contributed by atoms with Crippen LogP contribution in [0, 0.1) is 5.92 Å². The molecule has 96 valence electrons. The molecule has 3 heteroatoms. The predicted octanol–water partition coefficient (Wildman–Crippen LogP) is 3.63. The van der Waals surface area contributed by atoms with Crippen LogP contribution in [0.4, 0.5) is 0 Å². The second-order valence-corrected chi connectivity index (χ2v) is 5.56.